The van der Waals surface area contributed by atoms with Gasteiger partial charge in [-0.15, -0.1) is 0 Å². The molecule has 3 saturated heterocycles. The average Bonchev–Trinajstić information content (AvgIpc) is 3.14. The summed E-state index contributed by atoms with van der Waals surface area (Å²) in [4.78, 5) is 0. The first-order valence-corrected chi connectivity index (χ1v) is 16.7. The lowest BCUT2D eigenvalue weighted by Gasteiger charge is -2.39. The van der Waals surface area contributed by atoms with Crippen molar-refractivity contribution in [2.75, 3.05) is 20.3 Å². The zero-order valence-corrected chi connectivity index (χ0v) is 28.9. The molecule has 0 bridgehead atoms. The van der Waals surface area contributed by atoms with Crippen molar-refractivity contribution in [2.24, 2.45) is 0 Å². The molecule has 0 aromatic rings. The highest BCUT2D eigenvalue weighted by atomic mass is 16.7. The lowest BCUT2D eigenvalue weighted by atomic mass is 9.85. The van der Waals surface area contributed by atoms with Gasteiger partial charge in [0.2, 0.25) is 0 Å². The number of aliphatic hydroxyl groups is 17. The van der Waals surface area contributed by atoms with Gasteiger partial charge in [0.25, 0.3) is 0 Å². The van der Waals surface area contributed by atoms with Crippen molar-refractivity contribution in [3.63, 3.8) is 0 Å². The standard InChI is InChI=1S/3C8H16O5.C6H12O6/c1-3-4-5(9)6(10)7(11)8(12-2)13-4;2*1-2-4-6(10)8(12)7(11)5(3-9)13-4;7-1-2(8)4(10)6(12)5(11)3(1)9/h4-11H,3H2,1-2H3;2*4-12H,2-3H2,1H3;1-12H/t4-,5?,6+,7-,8?;2*4-,5?,6?,7+,8+;/m111./s1. The molecule has 0 spiro atoms. The fraction of sp³-hybridized carbons (Fsp3) is 1.00. The molecule has 0 aromatic carbocycles. The van der Waals surface area contributed by atoms with Crippen molar-refractivity contribution in [1.29, 1.82) is 0 Å². The first-order valence-electron chi connectivity index (χ1n) is 16.7. The Morgan fingerprint density at radius 1 is 0.333 bits per heavy atom. The quantitative estimate of drug-likeness (QED) is 0.120. The molecule has 6 unspecified atom stereocenters. The number of hydrogen-bond donors (Lipinski definition) is 17. The highest BCUT2D eigenvalue weighted by Crippen LogP contribution is 2.25. The van der Waals surface area contributed by atoms with Crippen molar-refractivity contribution in [1.82, 2.24) is 0 Å². The van der Waals surface area contributed by atoms with E-state index in [0.717, 1.165) is 0 Å². The summed E-state index contributed by atoms with van der Waals surface area (Å²) in [7, 11) is 1.38. The minimum absolute atomic E-state index is 0.360. The molecule has 3 heterocycles. The lowest BCUT2D eigenvalue weighted by molar-refractivity contribution is -0.290. The Balaban J connectivity index is 0.000000340. The van der Waals surface area contributed by atoms with Crippen molar-refractivity contribution in [3.8, 4) is 0 Å². The van der Waals surface area contributed by atoms with Crippen LogP contribution in [0.5, 0.6) is 0 Å². The fourth-order valence-corrected chi connectivity index (χ4v) is 5.69. The maximum atomic E-state index is 9.43. The van der Waals surface area contributed by atoms with Crippen LogP contribution < -0.4 is 0 Å². The van der Waals surface area contributed by atoms with Crippen LogP contribution in [-0.2, 0) is 18.9 Å². The van der Waals surface area contributed by atoms with E-state index in [1.54, 1.807) is 13.8 Å². The third-order valence-corrected chi connectivity index (χ3v) is 9.19. The Morgan fingerprint density at radius 3 is 0.784 bits per heavy atom. The van der Waals surface area contributed by atoms with E-state index in [0.29, 0.717) is 19.3 Å². The summed E-state index contributed by atoms with van der Waals surface area (Å²) in [6.45, 7) is 4.70. The van der Waals surface area contributed by atoms with E-state index >= 15 is 0 Å². The maximum Gasteiger partial charge on any atom is 0.186 e. The summed E-state index contributed by atoms with van der Waals surface area (Å²) in [6.07, 6.45) is -22.7. The van der Waals surface area contributed by atoms with Gasteiger partial charge in [-0.25, -0.2) is 0 Å². The Bertz CT molecular complexity index is 734. The number of hydrogen-bond acceptors (Lipinski definition) is 21. The predicted molar refractivity (Wildman–Crippen MR) is 168 cm³/mol. The average molecular weight is 757 g/mol. The second-order valence-electron chi connectivity index (χ2n) is 12.7. The fourth-order valence-electron chi connectivity index (χ4n) is 5.69. The Hall–Kier alpha value is -0.840. The lowest BCUT2D eigenvalue weighted by Crippen LogP contribution is -2.63. The van der Waals surface area contributed by atoms with Crippen LogP contribution in [0.25, 0.3) is 0 Å². The molecule has 3 aliphatic heterocycles. The molecule has 17 N–H and O–H groups in total. The van der Waals surface area contributed by atoms with E-state index in [9.17, 15) is 46.0 Å². The highest BCUT2D eigenvalue weighted by molar-refractivity contribution is 4.98. The van der Waals surface area contributed by atoms with Crippen LogP contribution >= 0.6 is 0 Å². The predicted octanol–water partition coefficient (Wildman–Crippen LogP) is -8.51. The Morgan fingerprint density at radius 2 is 0.549 bits per heavy atom. The van der Waals surface area contributed by atoms with Gasteiger partial charge >= 0.3 is 0 Å². The van der Waals surface area contributed by atoms with Crippen LogP contribution in [0.3, 0.4) is 0 Å². The summed E-state index contributed by atoms with van der Waals surface area (Å²) in [6, 6.07) is 0. The summed E-state index contributed by atoms with van der Waals surface area (Å²) >= 11 is 0. The molecule has 1 aliphatic carbocycles. The van der Waals surface area contributed by atoms with E-state index in [1.807, 2.05) is 6.92 Å². The summed E-state index contributed by atoms with van der Waals surface area (Å²) in [5, 5.41) is 156. The van der Waals surface area contributed by atoms with Gasteiger partial charge in [0.05, 0.1) is 31.5 Å². The zero-order chi connectivity index (χ0) is 39.5. The van der Waals surface area contributed by atoms with Crippen molar-refractivity contribution < 1.29 is 106 Å². The topological polar surface area (TPSA) is 381 Å². The molecular weight excluding hydrogens is 696 g/mol. The van der Waals surface area contributed by atoms with E-state index in [4.69, 9.17) is 59.8 Å². The van der Waals surface area contributed by atoms with Gasteiger partial charge in [-0.05, 0) is 19.3 Å². The molecule has 51 heavy (non-hydrogen) atoms. The highest BCUT2D eigenvalue weighted by Gasteiger charge is 2.48. The third-order valence-electron chi connectivity index (χ3n) is 9.19. The van der Waals surface area contributed by atoms with Crippen molar-refractivity contribution >= 4 is 0 Å². The van der Waals surface area contributed by atoms with E-state index in [1.165, 1.54) is 7.11 Å². The molecule has 0 aromatic heterocycles. The number of aliphatic hydroxyl groups excluding tert-OH is 17. The van der Waals surface area contributed by atoms with Crippen LogP contribution in [0.2, 0.25) is 0 Å². The second-order valence-corrected chi connectivity index (χ2v) is 12.7. The SMILES string of the molecule is CC[C@H]1OC(CO)[C@H](O)[C@@H](O)C1O.CC[C@H]1OC(CO)[C@H](O)[C@@H](O)C1O.CC[C@H]1OC(OC)[C@H](O)[C@@H](O)C1O.OC1C(O)C(O)C(O)C(O)C1O. The van der Waals surface area contributed by atoms with Crippen LogP contribution in [0, 0.1) is 0 Å². The first kappa shape index (κ1) is 48.2. The van der Waals surface area contributed by atoms with Crippen LogP contribution in [0.15, 0.2) is 0 Å². The minimum Gasteiger partial charge on any atom is -0.394 e. The number of ether oxygens (including phenoxy) is 4. The largest absolute Gasteiger partial charge is 0.394 e. The molecule has 0 radical (unpaired) electrons. The molecular formula is C30H60O21. The summed E-state index contributed by atoms with van der Waals surface area (Å²) < 4.78 is 20.3. The van der Waals surface area contributed by atoms with E-state index in [-0.39, 0.29) is 13.2 Å². The van der Waals surface area contributed by atoms with Gasteiger partial charge in [-0.1, -0.05) is 20.8 Å². The maximum absolute atomic E-state index is 9.43. The van der Waals surface area contributed by atoms with Gasteiger partial charge < -0.3 is 106 Å². The molecule has 1 saturated carbocycles. The van der Waals surface area contributed by atoms with E-state index < -0.39 is 128 Å². The molecule has 306 valence electrons. The van der Waals surface area contributed by atoms with Crippen LogP contribution in [0.1, 0.15) is 40.0 Å². The van der Waals surface area contributed by atoms with Crippen LogP contribution in [-0.4, -0.2) is 236 Å². The molecule has 15 atom stereocenters. The Labute approximate surface area is 294 Å². The smallest absolute Gasteiger partial charge is 0.186 e. The summed E-state index contributed by atoms with van der Waals surface area (Å²) in [5.74, 6) is 0. The van der Waals surface area contributed by atoms with Gasteiger partial charge in [0, 0.05) is 7.11 Å². The third kappa shape index (κ3) is 12.1. The Kier molecular flexibility index (Phi) is 21.3. The molecule has 21 heteroatoms. The second kappa shape index (κ2) is 22.5. The first-order chi connectivity index (χ1) is 23.8. The molecule has 4 aliphatic rings. The number of rotatable bonds is 6. The molecule has 4 rings (SSSR count). The van der Waals surface area contributed by atoms with Crippen LogP contribution in [0.4, 0.5) is 0 Å². The minimum atomic E-state index is -1.64. The monoisotopic (exact) mass is 756 g/mol. The van der Waals surface area contributed by atoms with E-state index in [2.05, 4.69) is 0 Å². The van der Waals surface area contributed by atoms with Gasteiger partial charge in [0.1, 0.15) is 104 Å². The van der Waals surface area contributed by atoms with Crippen molar-refractivity contribution in [3.05, 3.63) is 0 Å². The van der Waals surface area contributed by atoms with Gasteiger partial charge in [-0.3, -0.25) is 0 Å². The van der Waals surface area contributed by atoms with Gasteiger partial charge in [0.15, 0.2) is 6.29 Å². The zero-order valence-electron chi connectivity index (χ0n) is 28.9. The number of methoxy groups -OCH3 is 1. The molecule has 21 nitrogen and oxygen atoms in total. The van der Waals surface area contributed by atoms with Crippen molar-refractivity contribution in [2.45, 2.75) is 168 Å². The van der Waals surface area contributed by atoms with Gasteiger partial charge in [-0.2, -0.15) is 0 Å². The molecule has 4 fully saturated rings. The summed E-state index contributed by atoms with van der Waals surface area (Å²) in [5.41, 5.74) is 0. The molecule has 0 amide bonds. The normalized spacial score (nSPS) is 48.5.